The third-order valence-electron chi connectivity index (χ3n) is 4.24. The van der Waals surface area contributed by atoms with Crippen LogP contribution in [0.3, 0.4) is 0 Å². The van der Waals surface area contributed by atoms with Gasteiger partial charge in [-0.3, -0.25) is 0 Å². The van der Waals surface area contributed by atoms with Crippen LogP contribution in [-0.4, -0.2) is 33.4 Å². The molecule has 2 aromatic carbocycles. The van der Waals surface area contributed by atoms with Crippen LogP contribution >= 0.6 is 0 Å². The maximum absolute atomic E-state index is 12.0. The van der Waals surface area contributed by atoms with Gasteiger partial charge in [0, 0.05) is 18.3 Å². The standard InChI is InChI=1S/C22H30N2O4/c1-22(2,3)16-7-10-18(11-8-16)28-14-6-13-23-21(25)24-17-9-12-19(26-4)20(15-17)27-5/h7-12,15H,6,13-14H2,1-5H3,(H2,23,24,25). The zero-order valence-corrected chi connectivity index (χ0v) is 17.3. The Balaban J connectivity index is 1.70. The van der Waals surface area contributed by atoms with Crippen molar-refractivity contribution < 1.29 is 19.0 Å². The number of carbonyl (C=O) groups is 1. The number of benzene rings is 2. The van der Waals surface area contributed by atoms with E-state index in [2.05, 4.69) is 43.5 Å². The Labute approximate surface area is 167 Å². The molecule has 0 radical (unpaired) electrons. The van der Waals surface area contributed by atoms with Gasteiger partial charge in [-0.15, -0.1) is 0 Å². The fourth-order valence-corrected chi connectivity index (χ4v) is 2.60. The molecule has 0 bridgehead atoms. The van der Waals surface area contributed by atoms with Crippen LogP contribution in [0.2, 0.25) is 0 Å². The summed E-state index contributed by atoms with van der Waals surface area (Å²) in [6, 6.07) is 13.1. The average molecular weight is 386 g/mol. The first-order valence-corrected chi connectivity index (χ1v) is 9.33. The molecule has 0 aliphatic carbocycles. The van der Waals surface area contributed by atoms with Crippen LogP contribution in [0.25, 0.3) is 0 Å². The number of nitrogens with one attached hydrogen (secondary N) is 2. The zero-order valence-electron chi connectivity index (χ0n) is 17.3. The quantitative estimate of drug-likeness (QED) is 0.651. The lowest BCUT2D eigenvalue weighted by Crippen LogP contribution is -2.30. The molecule has 6 heteroatoms. The van der Waals surface area contributed by atoms with Crippen molar-refractivity contribution in [1.82, 2.24) is 5.32 Å². The minimum Gasteiger partial charge on any atom is -0.494 e. The second-order valence-corrected chi connectivity index (χ2v) is 7.43. The second kappa shape index (κ2) is 9.88. The van der Waals surface area contributed by atoms with E-state index in [4.69, 9.17) is 14.2 Å². The molecule has 0 saturated carbocycles. The Morgan fingerprint density at radius 1 is 0.964 bits per heavy atom. The van der Waals surface area contributed by atoms with E-state index < -0.39 is 0 Å². The highest BCUT2D eigenvalue weighted by molar-refractivity contribution is 5.89. The van der Waals surface area contributed by atoms with Gasteiger partial charge in [0.15, 0.2) is 11.5 Å². The van der Waals surface area contributed by atoms with Crippen LogP contribution in [0.5, 0.6) is 17.2 Å². The van der Waals surface area contributed by atoms with Crippen molar-refractivity contribution in [3.63, 3.8) is 0 Å². The third kappa shape index (κ3) is 6.37. The minimum absolute atomic E-state index is 0.129. The number of ether oxygens (including phenoxy) is 3. The summed E-state index contributed by atoms with van der Waals surface area (Å²) < 4.78 is 16.1. The first kappa shape index (κ1) is 21.4. The van der Waals surface area contributed by atoms with Crippen molar-refractivity contribution in [2.45, 2.75) is 32.6 Å². The molecule has 2 amide bonds. The number of urea groups is 1. The summed E-state index contributed by atoms with van der Waals surface area (Å²) in [6.07, 6.45) is 0.709. The SMILES string of the molecule is COc1ccc(NC(=O)NCCCOc2ccc(C(C)(C)C)cc2)cc1OC. The van der Waals surface area contributed by atoms with Gasteiger partial charge < -0.3 is 24.8 Å². The summed E-state index contributed by atoms with van der Waals surface area (Å²) in [5.41, 5.74) is 2.03. The molecule has 2 aromatic rings. The first-order valence-electron chi connectivity index (χ1n) is 9.33. The molecule has 0 aromatic heterocycles. The number of amides is 2. The number of hydrogen-bond donors (Lipinski definition) is 2. The molecule has 0 spiro atoms. The summed E-state index contributed by atoms with van der Waals surface area (Å²) in [5.74, 6) is 2.01. The van der Waals surface area contributed by atoms with Crippen molar-refractivity contribution in [1.29, 1.82) is 0 Å². The normalized spacial score (nSPS) is 10.9. The van der Waals surface area contributed by atoms with Crippen LogP contribution in [0.1, 0.15) is 32.8 Å². The van der Waals surface area contributed by atoms with Gasteiger partial charge in [-0.25, -0.2) is 4.79 Å². The summed E-state index contributed by atoms with van der Waals surface area (Å²) >= 11 is 0. The average Bonchev–Trinajstić information content (AvgIpc) is 2.67. The first-order chi connectivity index (χ1) is 13.3. The van der Waals surface area contributed by atoms with E-state index in [0.717, 1.165) is 5.75 Å². The molecule has 0 fully saturated rings. The monoisotopic (exact) mass is 386 g/mol. The van der Waals surface area contributed by atoms with E-state index in [0.29, 0.717) is 36.8 Å². The Morgan fingerprint density at radius 2 is 1.64 bits per heavy atom. The number of methoxy groups -OCH3 is 2. The van der Waals surface area contributed by atoms with Crippen LogP contribution < -0.4 is 24.8 Å². The topological polar surface area (TPSA) is 68.8 Å². The second-order valence-electron chi connectivity index (χ2n) is 7.43. The lowest BCUT2D eigenvalue weighted by atomic mass is 9.87. The molecular formula is C22H30N2O4. The van der Waals surface area contributed by atoms with Gasteiger partial charge in [-0.2, -0.15) is 0 Å². The van der Waals surface area contributed by atoms with Crippen LogP contribution in [0.4, 0.5) is 10.5 Å². The van der Waals surface area contributed by atoms with E-state index in [1.54, 1.807) is 32.4 Å². The van der Waals surface area contributed by atoms with Gasteiger partial charge >= 0.3 is 6.03 Å². The Hall–Kier alpha value is -2.89. The lowest BCUT2D eigenvalue weighted by Gasteiger charge is -2.19. The fraction of sp³-hybridized carbons (Fsp3) is 0.409. The van der Waals surface area contributed by atoms with Crippen molar-refractivity contribution in [3.8, 4) is 17.2 Å². The zero-order chi connectivity index (χ0) is 20.6. The van der Waals surface area contributed by atoms with E-state index in [-0.39, 0.29) is 11.4 Å². The van der Waals surface area contributed by atoms with Crippen LogP contribution in [0.15, 0.2) is 42.5 Å². The molecule has 0 aliphatic rings. The Bertz CT molecular complexity index is 767. The number of hydrogen-bond acceptors (Lipinski definition) is 4. The molecule has 0 aliphatic heterocycles. The van der Waals surface area contributed by atoms with E-state index in [1.807, 2.05) is 12.1 Å². The highest BCUT2D eigenvalue weighted by Gasteiger charge is 2.13. The molecule has 152 valence electrons. The largest absolute Gasteiger partial charge is 0.494 e. The van der Waals surface area contributed by atoms with Gasteiger partial charge in [0.05, 0.1) is 20.8 Å². The minimum atomic E-state index is -0.276. The maximum atomic E-state index is 12.0. The van der Waals surface area contributed by atoms with Crippen LogP contribution in [-0.2, 0) is 5.41 Å². The molecule has 6 nitrogen and oxygen atoms in total. The van der Waals surface area contributed by atoms with Gasteiger partial charge in [0.1, 0.15) is 5.75 Å². The summed E-state index contributed by atoms with van der Waals surface area (Å²) in [6.45, 7) is 7.59. The fourth-order valence-electron chi connectivity index (χ4n) is 2.60. The van der Waals surface area contributed by atoms with Crippen LogP contribution in [0, 0.1) is 0 Å². The predicted molar refractivity (Wildman–Crippen MR) is 112 cm³/mol. The predicted octanol–water partition coefficient (Wildman–Crippen LogP) is 4.59. The van der Waals surface area contributed by atoms with Crippen molar-refractivity contribution in [2.75, 3.05) is 32.7 Å². The molecule has 0 saturated heterocycles. The van der Waals surface area contributed by atoms with E-state index >= 15 is 0 Å². The highest BCUT2D eigenvalue weighted by atomic mass is 16.5. The number of carbonyl (C=O) groups excluding carboxylic acids is 1. The van der Waals surface area contributed by atoms with Gasteiger partial charge in [0.25, 0.3) is 0 Å². The number of anilines is 1. The van der Waals surface area contributed by atoms with Gasteiger partial charge in [-0.1, -0.05) is 32.9 Å². The van der Waals surface area contributed by atoms with E-state index in [9.17, 15) is 4.79 Å². The smallest absolute Gasteiger partial charge is 0.319 e. The third-order valence-corrected chi connectivity index (χ3v) is 4.24. The van der Waals surface area contributed by atoms with E-state index in [1.165, 1.54) is 5.56 Å². The Kier molecular flexibility index (Phi) is 7.55. The highest BCUT2D eigenvalue weighted by Crippen LogP contribution is 2.29. The summed E-state index contributed by atoms with van der Waals surface area (Å²) in [5, 5.41) is 5.58. The van der Waals surface area contributed by atoms with Crippen molar-refractivity contribution in [3.05, 3.63) is 48.0 Å². The molecule has 2 rings (SSSR count). The molecule has 2 N–H and O–H groups in total. The summed E-state index contributed by atoms with van der Waals surface area (Å²) in [7, 11) is 3.12. The van der Waals surface area contributed by atoms with Gasteiger partial charge in [0.2, 0.25) is 0 Å². The number of rotatable bonds is 8. The van der Waals surface area contributed by atoms with Crippen molar-refractivity contribution >= 4 is 11.7 Å². The molecule has 0 heterocycles. The maximum Gasteiger partial charge on any atom is 0.319 e. The molecule has 28 heavy (non-hydrogen) atoms. The van der Waals surface area contributed by atoms with Gasteiger partial charge in [-0.05, 0) is 41.7 Å². The van der Waals surface area contributed by atoms with Crippen molar-refractivity contribution in [2.24, 2.45) is 0 Å². The summed E-state index contributed by atoms with van der Waals surface area (Å²) in [4.78, 5) is 12.0. The molecule has 0 unspecified atom stereocenters. The molecular weight excluding hydrogens is 356 g/mol. The molecule has 0 atom stereocenters. The Morgan fingerprint density at radius 3 is 2.25 bits per heavy atom. The lowest BCUT2D eigenvalue weighted by molar-refractivity contribution is 0.250.